The fourth-order valence-electron chi connectivity index (χ4n) is 2.03. The maximum Gasteiger partial charge on any atom is 0.346 e. The van der Waals surface area contributed by atoms with Crippen LogP contribution < -0.4 is 5.32 Å². The minimum absolute atomic E-state index is 0.160. The van der Waals surface area contributed by atoms with Gasteiger partial charge in [0, 0.05) is 6.54 Å². The summed E-state index contributed by atoms with van der Waals surface area (Å²) in [6, 6.07) is 13.6. The summed E-state index contributed by atoms with van der Waals surface area (Å²) in [5.74, 6) is -1.61. The summed E-state index contributed by atoms with van der Waals surface area (Å²) in [7, 11) is -4.47. The van der Waals surface area contributed by atoms with Crippen LogP contribution in [0.25, 0.3) is 0 Å². The van der Waals surface area contributed by atoms with Crippen LogP contribution in [-0.2, 0) is 11.1 Å². The van der Waals surface area contributed by atoms with E-state index in [-0.39, 0.29) is 12.4 Å². The monoisotopic (exact) mass is 320 g/mol. The Morgan fingerprint density at radius 3 is 2.50 bits per heavy atom. The molecule has 1 atom stereocenters. The van der Waals surface area contributed by atoms with E-state index >= 15 is 0 Å². The third-order valence-electron chi connectivity index (χ3n) is 3.08. The number of benzene rings is 2. The lowest BCUT2D eigenvalue weighted by molar-refractivity contribution is 0.347. The summed E-state index contributed by atoms with van der Waals surface area (Å²) >= 11 is 0. The van der Waals surface area contributed by atoms with Gasteiger partial charge in [0.25, 0.3) is 0 Å². The average Bonchev–Trinajstić information content (AvgIpc) is 2.48. The van der Waals surface area contributed by atoms with E-state index in [0.29, 0.717) is 16.7 Å². The molecule has 2 aromatic rings. The van der Waals surface area contributed by atoms with Gasteiger partial charge < -0.3 is 9.79 Å². The molecule has 0 radical (unpaired) electrons. The lowest BCUT2D eigenvalue weighted by Crippen LogP contribution is -2.21. The number of hydrogen-bond donors (Lipinski definition) is 3. The highest BCUT2D eigenvalue weighted by Gasteiger charge is 2.30. The molecular weight excluding hydrogens is 306 g/mol. The van der Waals surface area contributed by atoms with Crippen LogP contribution in [-0.4, -0.2) is 9.79 Å². The fraction of sp³-hybridized carbons (Fsp3) is 0.133. The Morgan fingerprint density at radius 2 is 1.91 bits per heavy atom. The first-order chi connectivity index (χ1) is 10.4. The zero-order chi connectivity index (χ0) is 16.2. The molecule has 114 valence electrons. The number of rotatable bonds is 5. The van der Waals surface area contributed by atoms with E-state index in [9.17, 15) is 18.7 Å². The smallest absolute Gasteiger partial charge is 0.323 e. The molecule has 3 N–H and O–H groups in total. The predicted molar refractivity (Wildman–Crippen MR) is 79.2 cm³/mol. The van der Waals surface area contributed by atoms with E-state index in [1.54, 1.807) is 18.2 Å². The minimum atomic E-state index is -4.47. The molecule has 7 heteroatoms. The summed E-state index contributed by atoms with van der Waals surface area (Å²) in [5, 5.41) is 11.6. The van der Waals surface area contributed by atoms with Crippen molar-refractivity contribution in [2.45, 2.75) is 12.3 Å². The van der Waals surface area contributed by atoms with Crippen molar-refractivity contribution in [3.63, 3.8) is 0 Å². The second-order valence-electron chi connectivity index (χ2n) is 4.74. The van der Waals surface area contributed by atoms with Crippen molar-refractivity contribution >= 4 is 7.60 Å². The molecule has 0 unspecified atom stereocenters. The van der Waals surface area contributed by atoms with Crippen LogP contribution in [0.1, 0.15) is 22.5 Å². The van der Waals surface area contributed by atoms with Crippen molar-refractivity contribution in [2.75, 3.05) is 0 Å². The lowest BCUT2D eigenvalue weighted by atomic mass is 10.1. The first kappa shape index (κ1) is 16.3. The molecule has 5 nitrogen and oxygen atoms in total. The molecule has 0 amide bonds. The summed E-state index contributed by atoms with van der Waals surface area (Å²) < 4.78 is 24.5. The normalized spacial score (nSPS) is 12.6. The van der Waals surface area contributed by atoms with E-state index in [1.165, 1.54) is 30.3 Å². The van der Waals surface area contributed by atoms with Crippen LogP contribution >= 0.6 is 7.60 Å². The zero-order valence-corrected chi connectivity index (χ0v) is 12.4. The molecule has 0 saturated carbocycles. The van der Waals surface area contributed by atoms with Gasteiger partial charge >= 0.3 is 7.60 Å². The van der Waals surface area contributed by atoms with Gasteiger partial charge in [0.05, 0.1) is 11.6 Å². The second kappa shape index (κ2) is 6.82. The zero-order valence-electron chi connectivity index (χ0n) is 11.5. The van der Waals surface area contributed by atoms with Crippen molar-refractivity contribution in [1.29, 1.82) is 5.26 Å². The number of hydrogen-bond acceptors (Lipinski definition) is 3. The van der Waals surface area contributed by atoms with Crippen molar-refractivity contribution in [2.24, 2.45) is 0 Å². The molecule has 0 fully saturated rings. The molecule has 22 heavy (non-hydrogen) atoms. The molecule has 2 rings (SSSR count). The quantitative estimate of drug-likeness (QED) is 0.737. The van der Waals surface area contributed by atoms with Gasteiger partial charge in [0.1, 0.15) is 11.6 Å². The highest BCUT2D eigenvalue weighted by atomic mass is 31.2. The largest absolute Gasteiger partial charge is 0.346 e. The molecule has 0 saturated heterocycles. The van der Waals surface area contributed by atoms with E-state index in [4.69, 9.17) is 5.26 Å². The third-order valence-corrected chi connectivity index (χ3v) is 4.23. The molecule has 2 aromatic carbocycles. The molecule has 0 aromatic heterocycles. The number of nitrogens with one attached hydrogen (secondary N) is 1. The lowest BCUT2D eigenvalue weighted by Gasteiger charge is -2.20. The molecule has 0 aliphatic rings. The standard InChI is InChI=1S/C15H14FN2O3P/c16-14-6-4-11(5-7-14)10-18-15(22(19,20)21)13-3-1-2-12(8-13)9-17/h1-8,15,18H,10H2,(H2,19,20,21)/t15-/m1/s1. The van der Waals surface area contributed by atoms with E-state index in [1.807, 2.05) is 6.07 Å². The average molecular weight is 320 g/mol. The first-order valence-corrected chi connectivity index (χ1v) is 8.11. The Kier molecular flexibility index (Phi) is 5.07. The summed E-state index contributed by atoms with van der Waals surface area (Å²) in [6.45, 7) is 0.160. The van der Waals surface area contributed by atoms with Gasteiger partial charge in [-0.05, 0) is 35.4 Å². The van der Waals surface area contributed by atoms with Crippen LogP contribution in [0.15, 0.2) is 48.5 Å². The summed E-state index contributed by atoms with van der Waals surface area (Å²) in [5.41, 5.74) is 1.34. The molecular formula is C15H14FN2O3P. The van der Waals surface area contributed by atoms with Gasteiger partial charge in [-0.2, -0.15) is 5.26 Å². The van der Waals surface area contributed by atoms with Crippen molar-refractivity contribution < 1.29 is 18.7 Å². The van der Waals surface area contributed by atoms with E-state index in [2.05, 4.69) is 5.32 Å². The Balaban J connectivity index is 2.22. The number of nitriles is 1. The topological polar surface area (TPSA) is 93.4 Å². The summed E-state index contributed by atoms with van der Waals surface area (Å²) in [6.07, 6.45) is 0. The Hall–Kier alpha value is -2.03. The van der Waals surface area contributed by atoms with Crippen LogP contribution in [0.2, 0.25) is 0 Å². The van der Waals surface area contributed by atoms with Gasteiger partial charge in [0.15, 0.2) is 0 Å². The highest BCUT2D eigenvalue weighted by molar-refractivity contribution is 7.52. The third kappa shape index (κ3) is 4.23. The van der Waals surface area contributed by atoms with E-state index in [0.717, 1.165) is 0 Å². The maximum absolute atomic E-state index is 12.8. The van der Waals surface area contributed by atoms with Crippen LogP contribution in [0.3, 0.4) is 0 Å². The number of halogens is 1. The van der Waals surface area contributed by atoms with Crippen molar-refractivity contribution in [1.82, 2.24) is 5.32 Å². The van der Waals surface area contributed by atoms with Crippen molar-refractivity contribution in [3.8, 4) is 6.07 Å². The van der Waals surface area contributed by atoms with Gasteiger partial charge in [-0.3, -0.25) is 9.88 Å². The maximum atomic E-state index is 12.8. The Morgan fingerprint density at radius 1 is 1.23 bits per heavy atom. The van der Waals surface area contributed by atoms with Crippen LogP contribution in [0.5, 0.6) is 0 Å². The number of nitrogens with zero attached hydrogens (tertiary/aromatic N) is 1. The minimum Gasteiger partial charge on any atom is -0.323 e. The SMILES string of the molecule is N#Cc1cccc([C@H](NCc2ccc(F)cc2)P(=O)(O)O)c1. The highest BCUT2D eigenvalue weighted by Crippen LogP contribution is 2.50. The van der Waals surface area contributed by atoms with Crippen LogP contribution in [0.4, 0.5) is 4.39 Å². The van der Waals surface area contributed by atoms with Gasteiger partial charge in [0.2, 0.25) is 0 Å². The molecule has 0 bridgehead atoms. The molecule has 0 spiro atoms. The molecule has 0 heterocycles. The van der Waals surface area contributed by atoms with Gasteiger partial charge in [-0.25, -0.2) is 4.39 Å². The fourth-order valence-corrected chi connectivity index (χ4v) is 2.90. The Labute approximate surface area is 127 Å². The van der Waals surface area contributed by atoms with Gasteiger partial charge in [-0.15, -0.1) is 0 Å². The summed E-state index contributed by atoms with van der Waals surface area (Å²) in [4.78, 5) is 19.0. The Bertz CT molecular complexity index is 737. The van der Waals surface area contributed by atoms with Gasteiger partial charge in [-0.1, -0.05) is 24.3 Å². The predicted octanol–water partition coefficient (Wildman–Crippen LogP) is 2.66. The molecule has 0 aliphatic carbocycles. The van der Waals surface area contributed by atoms with Crippen LogP contribution in [0, 0.1) is 17.1 Å². The first-order valence-electron chi connectivity index (χ1n) is 6.43. The van der Waals surface area contributed by atoms with Crippen molar-refractivity contribution in [3.05, 3.63) is 71.0 Å². The second-order valence-corrected chi connectivity index (χ2v) is 6.43. The molecule has 0 aliphatic heterocycles. The van der Waals surface area contributed by atoms with E-state index < -0.39 is 13.4 Å².